The average Bonchev–Trinajstić information content (AvgIpc) is 2.42. The van der Waals surface area contributed by atoms with Crippen LogP contribution < -0.4 is 15.8 Å². The van der Waals surface area contributed by atoms with Gasteiger partial charge in [-0.3, -0.25) is 0 Å². The fourth-order valence-corrected chi connectivity index (χ4v) is 2.14. The first-order chi connectivity index (χ1) is 9.58. The molecule has 0 bridgehead atoms. The van der Waals surface area contributed by atoms with Gasteiger partial charge in [-0.2, -0.15) is 0 Å². The minimum absolute atomic E-state index is 0.211. The van der Waals surface area contributed by atoms with E-state index in [0.29, 0.717) is 5.69 Å². The van der Waals surface area contributed by atoms with Crippen LogP contribution in [0.5, 0.6) is 5.75 Å². The molecule has 0 aliphatic carbocycles. The van der Waals surface area contributed by atoms with E-state index in [2.05, 4.69) is 35.1 Å². The zero-order valence-electron chi connectivity index (χ0n) is 11.7. The Kier molecular flexibility index (Phi) is 4.90. The summed E-state index contributed by atoms with van der Waals surface area (Å²) in [7, 11) is 0. The standard InChI is InChI=1S/C16H19BrN2O/c1-3-11(2)20-14-6-4-5-13(10-14)19-16-8-7-12(17)9-15(16)18/h4-11,19H,3,18H2,1-2H3. The zero-order chi connectivity index (χ0) is 14.5. The highest BCUT2D eigenvalue weighted by Gasteiger charge is 2.04. The van der Waals surface area contributed by atoms with Gasteiger partial charge in [0.25, 0.3) is 0 Å². The summed E-state index contributed by atoms with van der Waals surface area (Å²) in [6.45, 7) is 4.17. The van der Waals surface area contributed by atoms with E-state index in [1.807, 2.05) is 42.5 Å². The molecule has 0 aliphatic heterocycles. The minimum atomic E-state index is 0.211. The largest absolute Gasteiger partial charge is 0.491 e. The highest BCUT2D eigenvalue weighted by Crippen LogP contribution is 2.28. The number of anilines is 3. The van der Waals surface area contributed by atoms with Crippen LogP contribution in [0.3, 0.4) is 0 Å². The van der Waals surface area contributed by atoms with E-state index in [-0.39, 0.29) is 6.10 Å². The van der Waals surface area contributed by atoms with E-state index < -0.39 is 0 Å². The molecule has 0 radical (unpaired) electrons. The quantitative estimate of drug-likeness (QED) is 0.760. The molecule has 0 saturated carbocycles. The van der Waals surface area contributed by atoms with Gasteiger partial charge in [-0.1, -0.05) is 28.9 Å². The highest BCUT2D eigenvalue weighted by atomic mass is 79.9. The lowest BCUT2D eigenvalue weighted by Crippen LogP contribution is -2.09. The number of nitrogen functional groups attached to an aromatic ring is 1. The Labute approximate surface area is 128 Å². The normalized spacial score (nSPS) is 11.9. The van der Waals surface area contributed by atoms with Crippen molar-refractivity contribution in [1.29, 1.82) is 0 Å². The van der Waals surface area contributed by atoms with E-state index in [1.165, 1.54) is 0 Å². The summed E-state index contributed by atoms with van der Waals surface area (Å²) in [5.41, 5.74) is 8.53. The summed E-state index contributed by atoms with van der Waals surface area (Å²) in [5, 5.41) is 3.31. The second-order valence-corrected chi connectivity index (χ2v) is 5.64. The van der Waals surface area contributed by atoms with E-state index >= 15 is 0 Å². The lowest BCUT2D eigenvalue weighted by Gasteiger charge is -2.14. The van der Waals surface area contributed by atoms with Gasteiger partial charge in [0.15, 0.2) is 0 Å². The van der Waals surface area contributed by atoms with E-state index in [1.54, 1.807) is 0 Å². The maximum atomic E-state index is 5.99. The van der Waals surface area contributed by atoms with Crippen molar-refractivity contribution in [2.24, 2.45) is 0 Å². The minimum Gasteiger partial charge on any atom is -0.491 e. The van der Waals surface area contributed by atoms with Crippen LogP contribution in [-0.2, 0) is 0 Å². The van der Waals surface area contributed by atoms with E-state index in [9.17, 15) is 0 Å². The van der Waals surface area contributed by atoms with Crippen molar-refractivity contribution in [3.8, 4) is 5.75 Å². The number of hydrogen-bond donors (Lipinski definition) is 2. The molecule has 0 spiro atoms. The third-order valence-corrected chi connectivity index (χ3v) is 3.53. The fraction of sp³-hybridized carbons (Fsp3) is 0.250. The summed E-state index contributed by atoms with van der Waals surface area (Å²) in [5.74, 6) is 0.861. The molecule has 20 heavy (non-hydrogen) atoms. The Morgan fingerprint density at radius 3 is 2.75 bits per heavy atom. The molecule has 2 aromatic rings. The molecule has 3 nitrogen and oxygen atoms in total. The predicted molar refractivity (Wildman–Crippen MR) is 88.7 cm³/mol. The van der Waals surface area contributed by atoms with Crippen LogP contribution in [0.15, 0.2) is 46.9 Å². The summed E-state index contributed by atoms with van der Waals surface area (Å²) in [4.78, 5) is 0. The maximum Gasteiger partial charge on any atom is 0.121 e. The van der Waals surface area contributed by atoms with Crippen molar-refractivity contribution >= 4 is 33.0 Å². The molecular weight excluding hydrogens is 316 g/mol. The van der Waals surface area contributed by atoms with Gasteiger partial charge in [0, 0.05) is 16.2 Å². The molecule has 0 aromatic heterocycles. The van der Waals surface area contributed by atoms with Gasteiger partial charge >= 0.3 is 0 Å². The molecule has 2 aromatic carbocycles. The number of benzene rings is 2. The third kappa shape index (κ3) is 3.90. The van der Waals surface area contributed by atoms with E-state index in [0.717, 1.165) is 28.0 Å². The van der Waals surface area contributed by atoms with Gasteiger partial charge in [-0.25, -0.2) is 0 Å². The van der Waals surface area contributed by atoms with Gasteiger partial charge in [-0.15, -0.1) is 0 Å². The third-order valence-electron chi connectivity index (χ3n) is 3.04. The van der Waals surface area contributed by atoms with Gasteiger partial charge < -0.3 is 15.8 Å². The maximum absolute atomic E-state index is 5.99. The summed E-state index contributed by atoms with van der Waals surface area (Å²) >= 11 is 3.40. The molecule has 0 saturated heterocycles. The van der Waals surface area contributed by atoms with Crippen molar-refractivity contribution in [3.05, 3.63) is 46.9 Å². The van der Waals surface area contributed by atoms with Crippen LogP contribution >= 0.6 is 15.9 Å². The van der Waals surface area contributed by atoms with Crippen molar-refractivity contribution in [2.45, 2.75) is 26.4 Å². The van der Waals surface area contributed by atoms with Crippen molar-refractivity contribution in [2.75, 3.05) is 11.1 Å². The summed E-state index contributed by atoms with van der Waals surface area (Å²) in [6.07, 6.45) is 1.19. The predicted octanol–water partition coefficient (Wildman–Crippen LogP) is 4.95. The fourth-order valence-electron chi connectivity index (χ4n) is 1.77. The van der Waals surface area contributed by atoms with Gasteiger partial charge in [0.1, 0.15) is 5.75 Å². The lowest BCUT2D eigenvalue weighted by molar-refractivity contribution is 0.217. The number of rotatable bonds is 5. The highest BCUT2D eigenvalue weighted by molar-refractivity contribution is 9.10. The Balaban J connectivity index is 2.15. The molecule has 2 rings (SSSR count). The Morgan fingerprint density at radius 2 is 2.05 bits per heavy atom. The second kappa shape index (κ2) is 6.66. The molecule has 1 atom stereocenters. The second-order valence-electron chi connectivity index (χ2n) is 4.72. The number of nitrogens with two attached hydrogens (primary N) is 1. The topological polar surface area (TPSA) is 47.3 Å². The molecule has 1 unspecified atom stereocenters. The van der Waals surface area contributed by atoms with Crippen LogP contribution in [0, 0.1) is 0 Å². The Bertz CT molecular complexity index is 586. The van der Waals surface area contributed by atoms with Crippen molar-refractivity contribution in [3.63, 3.8) is 0 Å². The van der Waals surface area contributed by atoms with E-state index in [4.69, 9.17) is 10.5 Å². The van der Waals surface area contributed by atoms with Crippen LogP contribution in [-0.4, -0.2) is 6.10 Å². The first kappa shape index (κ1) is 14.7. The lowest BCUT2D eigenvalue weighted by atomic mass is 10.2. The Hall–Kier alpha value is -1.68. The van der Waals surface area contributed by atoms with Crippen molar-refractivity contribution < 1.29 is 4.74 Å². The van der Waals surface area contributed by atoms with Gasteiger partial charge in [0.05, 0.1) is 17.5 Å². The molecule has 106 valence electrons. The molecule has 0 fully saturated rings. The first-order valence-corrected chi connectivity index (χ1v) is 7.46. The van der Waals surface area contributed by atoms with Gasteiger partial charge in [0.2, 0.25) is 0 Å². The molecular formula is C16H19BrN2O. The van der Waals surface area contributed by atoms with Crippen molar-refractivity contribution in [1.82, 2.24) is 0 Å². The van der Waals surface area contributed by atoms with Crippen LogP contribution in [0.1, 0.15) is 20.3 Å². The average molecular weight is 335 g/mol. The van der Waals surface area contributed by atoms with Gasteiger partial charge in [-0.05, 0) is 43.7 Å². The molecule has 0 heterocycles. The SMILES string of the molecule is CCC(C)Oc1cccc(Nc2ccc(Br)cc2N)c1. The van der Waals surface area contributed by atoms with Crippen LogP contribution in [0.2, 0.25) is 0 Å². The summed E-state index contributed by atoms with van der Waals surface area (Å²) in [6, 6.07) is 13.7. The van der Waals surface area contributed by atoms with Crippen LogP contribution in [0.25, 0.3) is 0 Å². The molecule has 0 aliphatic rings. The first-order valence-electron chi connectivity index (χ1n) is 6.67. The number of hydrogen-bond acceptors (Lipinski definition) is 3. The number of nitrogens with one attached hydrogen (secondary N) is 1. The summed E-state index contributed by atoms with van der Waals surface area (Å²) < 4.78 is 6.78. The molecule has 4 heteroatoms. The van der Waals surface area contributed by atoms with Crippen LogP contribution in [0.4, 0.5) is 17.1 Å². The number of ether oxygens (including phenoxy) is 1. The molecule has 3 N–H and O–H groups in total. The zero-order valence-corrected chi connectivity index (χ0v) is 13.3. The smallest absolute Gasteiger partial charge is 0.121 e. The monoisotopic (exact) mass is 334 g/mol. The number of halogens is 1. The Morgan fingerprint density at radius 1 is 1.25 bits per heavy atom. The molecule has 0 amide bonds.